The molecule has 1 aliphatic rings. The second kappa shape index (κ2) is 6.83. The fourth-order valence-electron chi connectivity index (χ4n) is 3.21. The molecule has 2 heterocycles. The Hall–Kier alpha value is -0.720. The lowest BCUT2D eigenvalue weighted by Gasteiger charge is -2.39. The summed E-state index contributed by atoms with van der Waals surface area (Å²) in [7, 11) is 1.86. The molecule has 0 radical (unpaired) electrons. The summed E-state index contributed by atoms with van der Waals surface area (Å²) in [6, 6.07) is 0.621. The summed E-state index contributed by atoms with van der Waals surface area (Å²) in [5, 5.41) is 13.7. The Balaban J connectivity index is 2.17. The van der Waals surface area contributed by atoms with Gasteiger partial charge in [-0.05, 0) is 37.4 Å². The molecule has 2 atom stereocenters. The number of aromatic nitrogens is 3. The number of aliphatic hydroxyl groups is 1. The average Bonchev–Trinajstić information content (AvgIpc) is 2.70. The maximum Gasteiger partial charge on any atom is 0.198 e. The molecular formula is C14H26N4OS. The number of nitrogens with zero attached hydrogens (tertiary/aromatic N) is 4. The normalized spacial score (nSPS) is 24.2. The summed E-state index contributed by atoms with van der Waals surface area (Å²) >= 11 is 5.41. The van der Waals surface area contributed by atoms with Gasteiger partial charge in [-0.1, -0.05) is 20.3 Å². The van der Waals surface area contributed by atoms with Gasteiger partial charge in [0.25, 0.3) is 0 Å². The van der Waals surface area contributed by atoms with E-state index >= 15 is 0 Å². The van der Waals surface area contributed by atoms with Gasteiger partial charge in [-0.3, -0.25) is 4.90 Å². The van der Waals surface area contributed by atoms with Crippen molar-refractivity contribution < 1.29 is 5.11 Å². The topological polar surface area (TPSA) is 46.2 Å². The molecular weight excluding hydrogens is 272 g/mol. The first kappa shape index (κ1) is 15.7. The lowest BCUT2D eigenvalue weighted by atomic mass is 9.88. The third-order valence-electron chi connectivity index (χ3n) is 4.40. The van der Waals surface area contributed by atoms with E-state index in [1.165, 1.54) is 25.7 Å². The van der Waals surface area contributed by atoms with Crippen LogP contribution in [0.3, 0.4) is 0 Å². The van der Waals surface area contributed by atoms with Crippen LogP contribution in [-0.4, -0.2) is 36.9 Å². The molecule has 2 unspecified atom stereocenters. The average molecular weight is 298 g/mol. The maximum atomic E-state index is 9.28. The number of aliphatic hydroxyl groups excluding tert-OH is 1. The third-order valence-corrected chi connectivity index (χ3v) is 4.89. The highest BCUT2D eigenvalue weighted by Gasteiger charge is 2.28. The largest absolute Gasteiger partial charge is 0.388 e. The molecule has 1 fully saturated rings. The molecule has 1 saturated heterocycles. The highest BCUT2D eigenvalue weighted by atomic mass is 32.1. The molecule has 1 aromatic heterocycles. The Morgan fingerprint density at radius 1 is 1.45 bits per heavy atom. The first-order valence-electron chi connectivity index (χ1n) is 7.56. The van der Waals surface area contributed by atoms with E-state index < -0.39 is 0 Å². The molecule has 0 saturated carbocycles. The van der Waals surface area contributed by atoms with Gasteiger partial charge in [0, 0.05) is 19.6 Å². The van der Waals surface area contributed by atoms with Gasteiger partial charge in [-0.2, -0.15) is 5.10 Å². The summed E-state index contributed by atoms with van der Waals surface area (Å²) < 4.78 is 4.32. The molecule has 0 aromatic carbocycles. The standard InChI is InChI=1S/C14H26N4OS/c1-4-6-12-11(2)7-5-8-17(12)10-18-14(20)16(3)13(9-19)15-18/h11-12,19H,4-10H2,1-3H3. The molecule has 5 nitrogen and oxygen atoms in total. The minimum absolute atomic E-state index is 0.0675. The van der Waals surface area contributed by atoms with E-state index in [4.69, 9.17) is 12.2 Å². The van der Waals surface area contributed by atoms with Crippen molar-refractivity contribution in [3.05, 3.63) is 10.6 Å². The van der Waals surface area contributed by atoms with Crippen molar-refractivity contribution in [3.63, 3.8) is 0 Å². The van der Waals surface area contributed by atoms with Gasteiger partial charge >= 0.3 is 0 Å². The lowest BCUT2D eigenvalue weighted by Crippen LogP contribution is -2.45. The van der Waals surface area contributed by atoms with Gasteiger partial charge in [0.1, 0.15) is 6.61 Å². The van der Waals surface area contributed by atoms with E-state index in [-0.39, 0.29) is 6.61 Å². The van der Waals surface area contributed by atoms with Crippen LogP contribution in [0, 0.1) is 10.7 Å². The van der Waals surface area contributed by atoms with E-state index in [0.29, 0.717) is 16.6 Å². The van der Waals surface area contributed by atoms with Crippen molar-refractivity contribution in [1.29, 1.82) is 0 Å². The van der Waals surface area contributed by atoms with Crippen LogP contribution in [-0.2, 0) is 20.3 Å². The summed E-state index contributed by atoms with van der Waals surface area (Å²) in [5.74, 6) is 1.37. The first-order chi connectivity index (χ1) is 9.58. The fourth-order valence-corrected chi connectivity index (χ4v) is 3.41. The number of piperidine rings is 1. The molecule has 2 rings (SSSR count). The van der Waals surface area contributed by atoms with Gasteiger partial charge in [0.05, 0.1) is 6.67 Å². The highest BCUT2D eigenvalue weighted by molar-refractivity contribution is 7.71. The second-order valence-corrected chi connectivity index (χ2v) is 6.21. The van der Waals surface area contributed by atoms with Crippen molar-refractivity contribution >= 4 is 12.2 Å². The van der Waals surface area contributed by atoms with E-state index in [1.54, 1.807) is 4.57 Å². The second-order valence-electron chi connectivity index (χ2n) is 5.84. The molecule has 114 valence electrons. The predicted molar refractivity (Wildman–Crippen MR) is 81.8 cm³/mol. The first-order valence-corrected chi connectivity index (χ1v) is 7.96. The van der Waals surface area contributed by atoms with E-state index in [0.717, 1.165) is 19.1 Å². The van der Waals surface area contributed by atoms with Gasteiger partial charge < -0.3 is 9.67 Å². The van der Waals surface area contributed by atoms with Crippen LogP contribution in [0.25, 0.3) is 0 Å². The molecule has 6 heteroatoms. The zero-order chi connectivity index (χ0) is 14.7. The predicted octanol–water partition coefficient (Wildman–Crippen LogP) is 2.30. The van der Waals surface area contributed by atoms with Crippen LogP contribution < -0.4 is 0 Å². The summed E-state index contributed by atoms with van der Waals surface area (Å²) in [5.41, 5.74) is 0. The van der Waals surface area contributed by atoms with Crippen LogP contribution in [0.15, 0.2) is 0 Å². The van der Waals surface area contributed by atoms with E-state index in [1.807, 2.05) is 11.7 Å². The third kappa shape index (κ3) is 3.13. The fraction of sp³-hybridized carbons (Fsp3) is 0.857. The summed E-state index contributed by atoms with van der Waals surface area (Å²) in [6.07, 6.45) is 5.00. The Bertz CT molecular complexity index is 496. The molecule has 0 aliphatic carbocycles. The number of rotatable bonds is 5. The number of hydrogen-bond acceptors (Lipinski definition) is 4. The molecule has 0 spiro atoms. The van der Waals surface area contributed by atoms with Crippen molar-refractivity contribution in [1.82, 2.24) is 19.2 Å². The van der Waals surface area contributed by atoms with Crippen molar-refractivity contribution in [2.24, 2.45) is 13.0 Å². The lowest BCUT2D eigenvalue weighted by molar-refractivity contribution is 0.0586. The van der Waals surface area contributed by atoms with E-state index in [2.05, 4.69) is 23.8 Å². The maximum absolute atomic E-state index is 9.28. The number of hydrogen-bond donors (Lipinski definition) is 1. The van der Waals surface area contributed by atoms with Crippen LogP contribution in [0.1, 0.15) is 45.4 Å². The molecule has 0 bridgehead atoms. The van der Waals surface area contributed by atoms with Crippen LogP contribution in [0.2, 0.25) is 0 Å². The Morgan fingerprint density at radius 2 is 2.20 bits per heavy atom. The zero-order valence-electron chi connectivity index (χ0n) is 12.7. The smallest absolute Gasteiger partial charge is 0.198 e. The van der Waals surface area contributed by atoms with Gasteiger partial charge in [-0.25, -0.2) is 4.68 Å². The number of likely N-dealkylation sites (tertiary alicyclic amines) is 1. The Labute approximate surface area is 126 Å². The Kier molecular flexibility index (Phi) is 5.35. The molecule has 1 N–H and O–H groups in total. The molecule has 20 heavy (non-hydrogen) atoms. The van der Waals surface area contributed by atoms with E-state index in [9.17, 15) is 5.11 Å². The van der Waals surface area contributed by atoms with Crippen molar-refractivity contribution in [2.45, 2.75) is 58.8 Å². The summed E-state index contributed by atoms with van der Waals surface area (Å²) in [6.45, 7) is 6.38. The van der Waals surface area contributed by atoms with Gasteiger partial charge in [0.2, 0.25) is 0 Å². The minimum Gasteiger partial charge on any atom is -0.388 e. The quantitative estimate of drug-likeness (QED) is 0.847. The van der Waals surface area contributed by atoms with Crippen LogP contribution >= 0.6 is 12.2 Å². The summed E-state index contributed by atoms with van der Waals surface area (Å²) in [4.78, 5) is 2.50. The highest BCUT2D eigenvalue weighted by Crippen LogP contribution is 2.26. The van der Waals surface area contributed by atoms with Crippen LogP contribution in [0.4, 0.5) is 0 Å². The van der Waals surface area contributed by atoms with Crippen LogP contribution in [0.5, 0.6) is 0 Å². The molecule has 1 aliphatic heterocycles. The monoisotopic (exact) mass is 298 g/mol. The molecule has 1 aromatic rings. The Morgan fingerprint density at radius 3 is 2.80 bits per heavy atom. The van der Waals surface area contributed by atoms with Crippen molar-refractivity contribution in [3.8, 4) is 0 Å². The van der Waals surface area contributed by atoms with Gasteiger partial charge in [-0.15, -0.1) is 0 Å². The van der Waals surface area contributed by atoms with Crippen molar-refractivity contribution in [2.75, 3.05) is 6.54 Å². The van der Waals surface area contributed by atoms with Gasteiger partial charge in [0.15, 0.2) is 10.6 Å². The molecule has 0 amide bonds. The SMILES string of the molecule is CCCC1C(C)CCCN1Cn1nc(CO)n(C)c1=S. The minimum atomic E-state index is -0.0675. The zero-order valence-corrected chi connectivity index (χ0v) is 13.6.